The van der Waals surface area contributed by atoms with Crippen LogP contribution >= 0.6 is 0 Å². The molecule has 1 fully saturated rings. The standard InChI is InChI=1S/C11H22N2O2/c1-8(2)10(7-14)12-6-11(15)13-5-9-3-4-9/h8-10,12,14H,3-7H2,1-2H3,(H,13,15). The highest BCUT2D eigenvalue weighted by Gasteiger charge is 2.21. The Balaban J connectivity index is 2.07. The van der Waals surface area contributed by atoms with Crippen LogP contribution in [0.15, 0.2) is 0 Å². The van der Waals surface area contributed by atoms with Crippen molar-refractivity contribution in [3.8, 4) is 0 Å². The number of carbonyl (C=O) groups is 1. The average Bonchev–Trinajstić information content (AvgIpc) is 2.98. The summed E-state index contributed by atoms with van der Waals surface area (Å²) in [5.41, 5.74) is 0. The Labute approximate surface area is 91.4 Å². The van der Waals surface area contributed by atoms with E-state index < -0.39 is 0 Å². The lowest BCUT2D eigenvalue weighted by atomic mass is 10.1. The predicted molar refractivity (Wildman–Crippen MR) is 59.4 cm³/mol. The van der Waals surface area contributed by atoms with Gasteiger partial charge in [-0.05, 0) is 24.7 Å². The first kappa shape index (κ1) is 12.5. The van der Waals surface area contributed by atoms with Crippen LogP contribution < -0.4 is 10.6 Å². The molecule has 1 unspecified atom stereocenters. The van der Waals surface area contributed by atoms with E-state index in [1.165, 1.54) is 12.8 Å². The molecule has 4 nitrogen and oxygen atoms in total. The van der Waals surface area contributed by atoms with Crippen molar-refractivity contribution in [3.63, 3.8) is 0 Å². The van der Waals surface area contributed by atoms with E-state index in [2.05, 4.69) is 10.6 Å². The van der Waals surface area contributed by atoms with Crippen molar-refractivity contribution in [1.29, 1.82) is 0 Å². The SMILES string of the molecule is CC(C)C(CO)NCC(=O)NCC1CC1. The van der Waals surface area contributed by atoms with E-state index in [0.717, 1.165) is 6.54 Å². The van der Waals surface area contributed by atoms with Crippen LogP contribution in [0.1, 0.15) is 26.7 Å². The molecule has 1 amide bonds. The number of hydrogen-bond donors (Lipinski definition) is 3. The second-order valence-corrected chi connectivity index (χ2v) is 4.66. The third kappa shape index (κ3) is 5.14. The molecule has 0 radical (unpaired) electrons. The number of hydrogen-bond acceptors (Lipinski definition) is 3. The normalized spacial score (nSPS) is 17.9. The van der Waals surface area contributed by atoms with Crippen molar-refractivity contribution in [1.82, 2.24) is 10.6 Å². The molecule has 1 aliphatic carbocycles. The van der Waals surface area contributed by atoms with Gasteiger partial charge in [0.15, 0.2) is 0 Å². The Hall–Kier alpha value is -0.610. The Morgan fingerprint density at radius 2 is 2.13 bits per heavy atom. The molecule has 0 aliphatic heterocycles. The molecule has 3 N–H and O–H groups in total. The molecule has 88 valence electrons. The summed E-state index contributed by atoms with van der Waals surface area (Å²) in [6, 6.07) is 0.0108. The van der Waals surface area contributed by atoms with Gasteiger partial charge in [0.2, 0.25) is 5.91 Å². The van der Waals surface area contributed by atoms with E-state index in [0.29, 0.717) is 18.4 Å². The minimum absolute atomic E-state index is 0.0108. The van der Waals surface area contributed by atoms with Crippen LogP contribution in [-0.4, -0.2) is 36.8 Å². The number of amides is 1. The maximum absolute atomic E-state index is 11.4. The highest BCUT2D eigenvalue weighted by molar-refractivity contribution is 5.78. The van der Waals surface area contributed by atoms with Gasteiger partial charge in [0, 0.05) is 12.6 Å². The molecule has 1 aliphatic rings. The molecule has 15 heavy (non-hydrogen) atoms. The van der Waals surface area contributed by atoms with Crippen LogP contribution in [0.25, 0.3) is 0 Å². The largest absolute Gasteiger partial charge is 0.395 e. The first-order chi connectivity index (χ1) is 7.13. The Morgan fingerprint density at radius 3 is 2.60 bits per heavy atom. The number of aliphatic hydroxyl groups excluding tert-OH is 1. The van der Waals surface area contributed by atoms with E-state index in [-0.39, 0.29) is 18.6 Å². The first-order valence-electron chi connectivity index (χ1n) is 5.74. The van der Waals surface area contributed by atoms with Crippen molar-refractivity contribution in [2.45, 2.75) is 32.7 Å². The molecule has 1 atom stereocenters. The Bertz CT molecular complexity index is 203. The molecule has 4 heteroatoms. The van der Waals surface area contributed by atoms with Gasteiger partial charge in [-0.3, -0.25) is 4.79 Å². The Kier molecular flexibility index (Phi) is 5.05. The van der Waals surface area contributed by atoms with Crippen LogP contribution in [0.5, 0.6) is 0 Å². The smallest absolute Gasteiger partial charge is 0.233 e. The van der Waals surface area contributed by atoms with Gasteiger partial charge in [-0.15, -0.1) is 0 Å². The van der Waals surface area contributed by atoms with Crippen molar-refractivity contribution < 1.29 is 9.90 Å². The van der Waals surface area contributed by atoms with E-state index in [9.17, 15) is 4.79 Å². The molecule has 0 aromatic heterocycles. The fourth-order valence-electron chi connectivity index (χ4n) is 1.38. The molecule has 0 heterocycles. The lowest BCUT2D eigenvalue weighted by Gasteiger charge is -2.19. The predicted octanol–water partition coefficient (Wildman–Crippen LogP) is 0.119. The fourth-order valence-corrected chi connectivity index (χ4v) is 1.38. The summed E-state index contributed by atoms with van der Waals surface area (Å²) >= 11 is 0. The van der Waals surface area contributed by atoms with E-state index >= 15 is 0 Å². The second-order valence-electron chi connectivity index (χ2n) is 4.66. The summed E-state index contributed by atoms with van der Waals surface area (Å²) < 4.78 is 0. The summed E-state index contributed by atoms with van der Waals surface area (Å²) in [6.07, 6.45) is 2.50. The minimum atomic E-state index is 0.0108. The van der Waals surface area contributed by atoms with Crippen LogP contribution in [0, 0.1) is 11.8 Å². The molecule has 1 saturated carbocycles. The average molecular weight is 214 g/mol. The van der Waals surface area contributed by atoms with E-state index in [1.54, 1.807) is 0 Å². The molecular formula is C11H22N2O2. The highest BCUT2D eigenvalue weighted by atomic mass is 16.3. The lowest BCUT2D eigenvalue weighted by molar-refractivity contribution is -0.120. The summed E-state index contributed by atoms with van der Waals surface area (Å²) in [7, 11) is 0. The number of rotatable bonds is 7. The van der Waals surface area contributed by atoms with Crippen molar-refractivity contribution in [2.75, 3.05) is 19.7 Å². The molecule has 1 rings (SSSR count). The maximum Gasteiger partial charge on any atom is 0.233 e. The molecular weight excluding hydrogens is 192 g/mol. The topological polar surface area (TPSA) is 61.4 Å². The van der Waals surface area contributed by atoms with Gasteiger partial charge in [-0.1, -0.05) is 13.8 Å². The van der Waals surface area contributed by atoms with Crippen LogP contribution in [0.3, 0.4) is 0 Å². The minimum Gasteiger partial charge on any atom is -0.395 e. The van der Waals surface area contributed by atoms with Gasteiger partial charge in [-0.25, -0.2) is 0 Å². The molecule has 0 bridgehead atoms. The zero-order valence-corrected chi connectivity index (χ0v) is 9.62. The zero-order chi connectivity index (χ0) is 11.3. The quantitative estimate of drug-likeness (QED) is 0.564. The van der Waals surface area contributed by atoms with E-state index in [1.807, 2.05) is 13.8 Å². The third-order valence-corrected chi connectivity index (χ3v) is 2.81. The number of carbonyl (C=O) groups excluding carboxylic acids is 1. The molecule has 0 spiro atoms. The lowest BCUT2D eigenvalue weighted by Crippen LogP contribution is -2.43. The summed E-state index contributed by atoms with van der Waals surface area (Å²) in [4.78, 5) is 11.4. The van der Waals surface area contributed by atoms with Gasteiger partial charge in [0.1, 0.15) is 0 Å². The van der Waals surface area contributed by atoms with E-state index in [4.69, 9.17) is 5.11 Å². The van der Waals surface area contributed by atoms with Crippen molar-refractivity contribution in [2.24, 2.45) is 11.8 Å². The third-order valence-electron chi connectivity index (χ3n) is 2.81. The number of nitrogens with one attached hydrogen (secondary N) is 2. The van der Waals surface area contributed by atoms with Crippen LogP contribution in [0.4, 0.5) is 0 Å². The van der Waals surface area contributed by atoms with Crippen molar-refractivity contribution in [3.05, 3.63) is 0 Å². The summed E-state index contributed by atoms with van der Waals surface area (Å²) in [5.74, 6) is 1.08. The van der Waals surface area contributed by atoms with Crippen LogP contribution in [-0.2, 0) is 4.79 Å². The summed E-state index contributed by atoms with van der Waals surface area (Å²) in [6.45, 7) is 5.24. The molecule has 0 aromatic carbocycles. The second kappa shape index (κ2) is 6.08. The van der Waals surface area contributed by atoms with Gasteiger partial charge in [0.05, 0.1) is 13.2 Å². The summed E-state index contributed by atoms with van der Waals surface area (Å²) in [5, 5.41) is 15.0. The van der Waals surface area contributed by atoms with Gasteiger partial charge >= 0.3 is 0 Å². The van der Waals surface area contributed by atoms with Gasteiger partial charge in [0.25, 0.3) is 0 Å². The fraction of sp³-hybridized carbons (Fsp3) is 0.909. The molecule has 0 aromatic rings. The Morgan fingerprint density at radius 1 is 1.47 bits per heavy atom. The zero-order valence-electron chi connectivity index (χ0n) is 9.62. The maximum atomic E-state index is 11.4. The first-order valence-corrected chi connectivity index (χ1v) is 5.74. The monoisotopic (exact) mass is 214 g/mol. The number of aliphatic hydroxyl groups is 1. The van der Waals surface area contributed by atoms with Gasteiger partial charge < -0.3 is 15.7 Å². The van der Waals surface area contributed by atoms with Crippen molar-refractivity contribution >= 4 is 5.91 Å². The van der Waals surface area contributed by atoms with Crippen LogP contribution in [0.2, 0.25) is 0 Å². The van der Waals surface area contributed by atoms with Gasteiger partial charge in [-0.2, -0.15) is 0 Å². The molecule has 0 saturated heterocycles. The highest BCUT2D eigenvalue weighted by Crippen LogP contribution is 2.27.